The molecule has 19 heavy (non-hydrogen) atoms. The van der Waals surface area contributed by atoms with Crippen LogP contribution in [0.1, 0.15) is 46.5 Å². The number of aliphatic carboxylic acids is 1. The number of amides is 1. The van der Waals surface area contributed by atoms with Gasteiger partial charge in [0.05, 0.1) is 5.92 Å². The second-order valence-electron chi connectivity index (χ2n) is 6.76. The highest BCUT2D eigenvalue weighted by Gasteiger charge is 2.68. The van der Waals surface area contributed by atoms with Crippen LogP contribution in [0.2, 0.25) is 0 Å². The summed E-state index contributed by atoms with van der Waals surface area (Å²) < 4.78 is 5.19. The van der Waals surface area contributed by atoms with Crippen LogP contribution in [0.25, 0.3) is 0 Å². The van der Waals surface area contributed by atoms with Crippen LogP contribution >= 0.6 is 0 Å². The number of rotatable bonds is 3. The summed E-state index contributed by atoms with van der Waals surface area (Å²) in [6.45, 7) is 5.85. The van der Waals surface area contributed by atoms with E-state index in [0.29, 0.717) is 6.54 Å². The zero-order chi connectivity index (χ0) is 14.3. The van der Waals surface area contributed by atoms with Crippen molar-refractivity contribution < 1.29 is 19.4 Å². The Morgan fingerprint density at radius 3 is 2.63 bits per heavy atom. The molecule has 0 aromatic rings. The van der Waals surface area contributed by atoms with Crippen molar-refractivity contribution in [1.29, 1.82) is 0 Å². The van der Waals surface area contributed by atoms with Crippen LogP contribution in [0, 0.1) is 17.3 Å². The molecule has 0 aliphatic heterocycles. The minimum Gasteiger partial charge on any atom is -0.481 e. The van der Waals surface area contributed by atoms with Crippen LogP contribution in [0.15, 0.2) is 0 Å². The van der Waals surface area contributed by atoms with Crippen molar-refractivity contribution in [3.05, 3.63) is 0 Å². The monoisotopic (exact) mass is 269 g/mol. The summed E-state index contributed by atoms with van der Waals surface area (Å²) in [5.74, 6) is -0.781. The summed E-state index contributed by atoms with van der Waals surface area (Å²) in [4.78, 5) is 22.9. The van der Waals surface area contributed by atoms with Gasteiger partial charge in [-0.25, -0.2) is 4.79 Å². The van der Waals surface area contributed by atoms with Crippen LogP contribution in [0.4, 0.5) is 4.79 Å². The zero-order valence-electron chi connectivity index (χ0n) is 11.9. The topological polar surface area (TPSA) is 75.6 Å². The van der Waals surface area contributed by atoms with Crippen molar-refractivity contribution in [2.75, 3.05) is 6.54 Å². The molecule has 0 radical (unpaired) electrons. The highest BCUT2D eigenvalue weighted by atomic mass is 16.6. The van der Waals surface area contributed by atoms with Crippen molar-refractivity contribution in [3.8, 4) is 0 Å². The second kappa shape index (κ2) is 4.69. The first-order valence-electron chi connectivity index (χ1n) is 6.96. The molecule has 108 valence electrons. The molecule has 0 aromatic heterocycles. The Bertz CT molecular complexity index is 387. The number of hydrogen-bond acceptors (Lipinski definition) is 3. The molecule has 3 atom stereocenters. The zero-order valence-corrected chi connectivity index (χ0v) is 11.9. The molecule has 0 unspecified atom stereocenters. The quantitative estimate of drug-likeness (QED) is 0.825. The molecule has 5 heteroatoms. The van der Waals surface area contributed by atoms with E-state index in [1.54, 1.807) is 0 Å². The predicted molar refractivity (Wildman–Crippen MR) is 69.8 cm³/mol. The van der Waals surface area contributed by atoms with Crippen molar-refractivity contribution in [3.63, 3.8) is 0 Å². The fourth-order valence-electron chi connectivity index (χ4n) is 3.49. The van der Waals surface area contributed by atoms with Crippen LogP contribution in [0.5, 0.6) is 0 Å². The van der Waals surface area contributed by atoms with Gasteiger partial charge in [-0.2, -0.15) is 0 Å². The SMILES string of the molecule is CC(C)(C)OC(=O)NC[C@]12CCCC[C@H]1[C@@H]2C(=O)O. The molecule has 1 amide bonds. The van der Waals surface area contributed by atoms with Gasteiger partial charge in [0.2, 0.25) is 0 Å². The Balaban J connectivity index is 1.91. The number of carbonyl (C=O) groups is 2. The first kappa shape index (κ1) is 14.2. The third kappa shape index (κ3) is 2.85. The highest BCUT2D eigenvalue weighted by Crippen LogP contribution is 2.66. The molecule has 2 rings (SSSR count). The number of ether oxygens (including phenoxy) is 1. The Morgan fingerprint density at radius 1 is 1.37 bits per heavy atom. The number of alkyl carbamates (subject to hydrolysis) is 1. The molecule has 5 nitrogen and oxygen atoms in total. The molecule has 2 N–H and O–H groups in total. The summed E-state index contributed by atoms with van der Waals surface area (Å²) >= 11 is 0. The molecule has 2 fully saturated rings. The van der Waals surface area contributed by atoms with Crippen molar-refractivity contribution in [1.82, 2.24) is 5.32 Å². The van der Waals surface area contributed by atoms with E-state index in [4.69, 9.17) is 4.74 Å². The minimum absolute atomic E-state index is 0.221. The first-order valence-corrected chi connectivity index (χ1v) is 6.96. The average Bonchev–Trinajstić information content (AvgIpc) is 2.93. The van der Waals surface area contributed by atoms with Gasteiger partial charge in [-0.1, -0.05) is 12.8 Å². The Hall–Kier alpha value is -1.26. The molecule has 2 aliphatic carbocycles. The third-order valence-corrected chi connectivity index (χ3v) is 4.29. The average molecular weight is 269 g/mol. The number of carboxylic acids is 1. The van der Waals surface area contributed by atoms with Gasteiger partial charge in [0.15, 0.2) is 0 Å². The number of carbonyl (C=O) groups excluding carboxylic acids is 1. The van der Waals surface area contributed by atoms with Gasteiger partial charge in [-0.3, -0.25) is 4.79 Å². The van der Waals surface area contributed by atoms with Crippen LogP contribution in [-0.2, 0) is 9.53 Å². The molecular weight excluding hydrogens is 246 g/mol. The van der Waals surface area contributed by atoms with E-state index in [9.17, 15) is 14.7 Å². The third-order valence-electron chi connectivity index (χ3n) is 4.29. The van der Waals surface area contributed by atoms with E-state index in [-0.39, 0.29) is 17.3 Å². The Labute approximate surface area is 113 Å². The number of carboxylic acid groups (broad SMARTS) is 1. The molecule has 0 saturated heterocycles. The molecule has 0 bridgehead atoms. The Kier molecular flexibility index (Phi) is 3.49. The maximum atomic E-state index is 11.7. The number of fused-ring (bicyclic) bond motifs is 1. The normalized spacial score (nSPS) is 33.2. The predicted octanol–water partition coefficient (Wildman–Crippen LogP) is 2.40. The fraction of sp³-hybridized carbons (Fsp3) is 0.857. The van der Waals surface area contributed by atoms with Crippen LogP contribution < -0.4 is 5.32 Å². The fourth-order valence-corrected chi connectivity index (χ4v) is 3.49. The van der Waals surface area contributed by atoms with Gasteiger partial charge in [0.1, 0.15) is 5.60 Å². The van der Waals surface area contributed by atoms with Gasteiger partial charge in [-0.15, -0.1) is 0 Å². The van der Waals surface area contributed by atoms with E-state index < -0.39 is 17.7 Å². The number of nitrogens with one attached hydrogen (secondary N) is 1. The lowest BCUT2D eigenvalue weighted by Gasteiger charge is -2.24. The molecular formula is C14H23NO4. The summed E-state index contributed by atoms with van der Waals surface area (Å²) in [6, 6.07) is 0. The van der Waals surface area contributed by atoms with Gasteiger partial charge < -0.3 is 15.2 Å². The van der Waals surface area contributed by atoms with Gasteiger partial charge >= 0.3 is 12.1 Å². The largest absolute Gasteiger partial charge is 0.481 e. The van der Waals surface area contributed by atoms with E-state index >= 15 is 0 Å². The lowest BCUT2D eigenvalue weighted by molar-refractivity contribution is -0.139. The van der Waals surface area contributed by atoms with E-state index in [0.717, 1.165) is 25.7 Å². The maximum Gasteiger partial charge on any atom is 0.407 e. The molecule has 2 aliphatic rings. The van der Waals surface area contributed by atoms with Crippen molar-refractivity contribution >= 4 is 12.1 Å². The summed E-state index contributed by atoms with van der Waals surface area (Å²) in [7, 11) is 0. The number of hydrogen-bond donors (Lipinski definition) is 2. The minimum atomic E-state index is -0.724. The smallest absolute Gasteiger partial charge is 0.407 e. The second-order valence-corrected chi connectivity index (χ2v) is 6.76. The van der Waals surface area contributed by atoms with Crippen molar-refractivity contribution in [2.45, 2.75) is 52.1 Å². The van der Waals surface area contributed by atoms with Gasteiger partial charge in [-0.05, 0) is 39.5 Å². The summed E-state index contributed by atoms with van der Waals surface area (Å²) in [6.07, 6.45) is 3.55. The van der Waals surface area contributed by atoms with Crippen molar-refractivity contribution in [2.24, 2.45) is 17.3 Å². The van der Waals surface area contributed by atoms with Gasteiger partial charge in [0.25, 0.3) is 0 Å². The highest BCUT2D eigenvalue weighted by molar-refractivity contribution is 5.76. The Morgan fingerprint density at radius 2 is 2.05 bits per heavy atom. The van der Waals surface area contributed by atoms with Crippen LogP contribution in [0.3, 0.4) is 0 Å². The van der Waals surface area contributed by atoms with Crippen LogP contribution in [-0.4, -0.2) is 29.3 Å². The lowest BCUT2D eigenvalue weighted by atomic mass is 9.88. The molecule has 0 spiro atoms. The van der Waals surface area contributed by atoms with E-state index in [1.165, 1.54) is 0 Å². The van der Waals surface area contributed by atoms with E-state index in [1.807, 2.05) is 20.8 Å². The first-order chi connectivity index (χ1) is 8.76. The molecule has 2 saturated carbocycles. The summed E-state index contributed by atoms with van der Waals surface area (Å²) in [5.41, 5.74) is -0.746. The molecule has 0 heterocycles. The standard InChI is InChI=1S/C14H23NO4/c1-13(2,3)19-12(18)15-8-14-7-5-4-6-9(14)10(14)11(16)17/h9-10H,4-8H2,1-3H3,(H,15,18)(H,16,17)/t9-,10+,14+/m0/s1. The summed E-state index contributed by atoms with van der Waals surface area (Å²) in [5, 5.41) is 12.0. The van der Waals surface area contributed by atoms with E-state index in [2.05, 4.69) is 5.32 Å². The molecule has 0 aromatic carbocycles. The lowest BCUT2D eigenvalue weighted by Crippen LogP contribution is -2.37. The maximum absolute atomic E-state index is 11.7. The van der Waals surface area contributed by atoms with Gasteiger partial charge in [0, 0.05) is 12.0 Å².